The van der Waals surface area contributed by atoms with Crippen molar-refractivity contribution in [2.24, 2.45) is 0 Å². The second-order valence-electron chi connectivity index (χ2n) is 5.65. The first kappa shape index (κ1) is 19.3. The van der Waals surface area contributed by atoms with Gasteiger partial charge < -0.3 is 15.4 Å². The third-order valence-corrected chi connectivity index (χ3v) is 3.86. The number of nitrogens with one attached hydrogen (secondary N) is 2. The van der Waals surface area contributed by atoms with E-state index in [1.807, 2.05) is 0 Å². The van der Waals surface area contributed by atoms with E-state index in [0.29, 0.717) is 28.6 Å². The third-order valence-electron chi connectivity index (χ3n) is 3.62. The molecule has 142 valence electrons. The van der Waals surface area contributed by atoms with Crippen LogP contribution in [0.2, 0.25) is 5.02 Å². The number of carbonyl (C=O) groups is 2. The minimum absolute atomic E-state index is 0.195. The Labute approximate surface area is 166 Å². The van der Waals surface area contributed by atoms with Crippen molar-refractivity contribution in [2.45, 2.75) is 6.92 Å². The van der Waals surface area contributed by atoms with Crippen LogP contribution in [0.15, 0.2) is 60.8 Å². The van der Waals surface area contributed by atoms with Crippen LogP contribution in [-0.4, -0.2) is 28.5 Å². The van der Waals surface area contributed by atoms with Gasteiger partial charge in [0.25, 0.3) is 5.91 Å². The van der Waals surface area contributed by atoms with E-state index in [0.717, 1.165) is 0 Å². The highest BCUT2D eigenvalue weighted by atomic mass is 35.5. The Morgan fingerprint density at radius 2 is 1.86 bits per heavy atom. The lowest BCUT2D eigenvalue weighted by Gasteiger charge is -2.08. The highest BCUT2D eigenvalue weighted by molar-refractivity contribution is 6.30. The molecule has 0 radical (unpaired) electrons. The van der Waals surface area contributed by atoms with E-state index in [9.17, 15) is 9.59 Å². The van der Waals surface area contributed by atoms with Crippen molar-refractivity contribution in [3.05, 3.63) is 77.1 Å². The SMILES string of the molecule is CCOC(=O)c1ccc(Nc2nccc(C(=O)Nc3cccc(Cl)c3)n2)cc1. The molecule has 2 aromatic carbocycles. The molecule has 8 heteroatoms. The number of amides is 1. The molecule has 0 aliphatic rings. The molecule has 0 fully saturated rings. The van der Waals surface area contributed by atoms with Crippen LogP contribution in [0.4, 0.5) is 17.3 Å². The lowest BCUT2D eigenvalue weighted by Crippen LogP contribution is -2.14. The molecule has 0 atom stereocenters. The summed E-state index contributed by atoms with van der Waals surface area (Å²) in [7, 11) is 0. The number of hydrogen-bond acceptors (Lipinski definition) is 6. The summed E-state index contributed by atoms with van der Waals surface area (Å²) in [6, 6.07) is 15.0. The molecule has 0 saturated heterocycles. The first-order chi connectivity index (χ1) is 13.5. The molecule has 0 bridgehead atoms. The van der Waals surface area contributed by atoms with Gasteiger partial charge in [0, 0.05) is 22.6 Å². The Bertz CT molecular complexity index is 993. The number of nitrogens with zero attached hydrogens (tertiary/aromatic N) is 2. The van der Waals surface area contributed by atoms with E-state index in [1.54, 1.807) is 55.5 Å². The fourth-order valence-electron chi connectivity index (χ4n) is 2.34. The van der Waals surface area contributed by atoms with Crippen molar-refractivity contribution >= 4 is 40.8 Å². The van der Waals surface area contributed by atoms with E-state index in [1.165, 1.54) is 12.3 Å². The zero-order chi connectivity index (χ0) is 19.9. The van der Waals surface area contributed by atoms with Gasteiger partial charge in [-0.1, -0.05) is 17.7 Å². The van der Waals surface area contributed by atoms with Gasteiger partial charge in [0.2, 0.25) is 5.95 Å². The molecule has 0 spiro atoms. The van der Waals surface area contributed by atoms with Crippen LogP contribution in [0.5, 0.6) is 0 Å². The van der Waals surface area contributed by atoms with Gasteiger partial charge in [0.1, 0.15) is 5.69 Å². The number of ether oxygens (including phenoxy) is 1. The summed E-state index contributed by atoms with van der Waals surface area (Å²) < 4.78 is 4.95. The van der Waals surface area contributed by atoms with Gasteiger partial charge in [-0.3, -0.25) is 4.79 Å². The normalized spacial score (nSPS) is 10.2. The number of rotatable bonds is 6. The van der Waals surface area contributed by atoms with Crippen molar-refractivity contribution in [2.75, 3.05) is 17.2 Å². The van der Waals surface area contributed by atoms with E-state index < -0.39 is 0 Å². The maximum atomic E-state index is 12.4. The predicted molar refractivity (Wildman–Crippen MR) is 107 cm³/mol. The zero-order valence-corrected chi connectivity index (χ0v) is 15.7. The standard InChI is InChI=1S/C20H17ClN4O3/c1-2-28-19(27)13-6-8-15(9-7-13)24-20-22-11-10-17(25-20)18(26)23-16-5-3-4-14(21)12-16/h3-12H,2H2,1H3,(H,23,26)(H,22,24,25). The maximum absolute atomic E-state index is 12.4. The van der Waals surface area contributed by atoms with Crippen LogP contribution in [-0.2, 0) is 4.74 Å². The summed E-state index contributed by atoms with van der Waals surface area (Å²) in [5.74, 6) is -0.516. The number of esters is 1. The van der Waals surface area contributed by atoms with Crippen molar-refractivity contribution in [3.8, 4) is 0 Å². The summed E-state index contributed by atoms with van der Waals surface area (Å²) in [6.07, 6.45) is 1.48. The Morgan fingerprint density at radius 1 is 1.07 bits per heavy atom. The molecule has 3 aromatic rings. The number of halogens is 1. The Kier molecular flexibility index (Phi) is 6.18. The predicted octanol–water partition coefficient (Wildman–Crippen LogP) is 4.30. The topological polar surface area (TPSA) is 93.2 Å². The van der Waals surface area contributed by atoms with Crippen molar-refractivity contribution in [1.82, 2.24) is 9.97 Å². The lowest BCUT2D eigenvalue weighted by atomic mass is 10.2. The van der Waals surface area contributed by atoms with E-state index in [4.69, 9.17) is 16.3 Å². The number of anilines is 3. The van der Waals surface area contributed by atoms with Crippen molar-refractivity contribution < 1.29 is 14.3 Å². The first-order valence-electron chi connectivity index (χ1n) is 8.49. The second-order valence-corrected chi connectivity index (χ2v) is 6.09. The Morgan fingerprint density at radius 3 is 2.57 bits per heavy atom. The number of hydrogen-bond donors (Lipinski definition) is 2. The van der Waals surface area contributed by atoms with Crippen LogP contribution < -0.4 is 10.6 Å². The molecule has 0 aliphatic heterocycles. The molecular formula is C20H17ClN4O3. The third kappa shape index (κ3) is 5.05. The summed E-state index contributed by atoms with van der Waals surface area (Å²) in [4.78, 5) is 32.4. The zero-order valence-electron chi connectivity index (χ0n) is 15.0. The Balaban J connectivity index is 1.69. The van der Waals surface area contributed by atoms with Gasteiger partial charge in [0.15, 0.2) is 0 Å². The largest absolute Gasteiger partial charge is 0.462 e. The highest BCUT2D eigenvalue weighted by Crippen LogP contribution is 2.17. The molecule has 0 saturated carbocycles. The van der Waals surface area contributed by atoms with Crippen molar-refractivity contribution in [1.29, 1.82) is 0 Å². The molecule has 1 amide bonds. The van der Waals surface area contributed by atoms with Crippen LogP contribution >= 0.6 is 11.6 Å². The first-order valence-corrected chi connectivity index (χ1v) is 8.87. The second kappa shape index (κ2) is 8.96. The average molecular weight is 397 g/mol. The van der Waals surface area contributed by atoms with Crippen molar-refractivity contribution in [3.63, 3.8) is 0 Å². The maximum Gasteiger partial charge on any atom is 0.338 e. The van der Waals surface area contributed by atoms with E-state index >= 15 is 0 Å². The smallest absolute Gasteiger partial charge is 0.338 e. The number of carbonyl (C=O) groups excluding carboxylic acids is 2. The fraction of sp³-hybridized carbons (Fsp3) is 0.100. The fourth-order valence-corrected chi connectivity index (χ4v) is 2.53. The van der Waals surface area contributed by atoms with Crippen LogP contribution in [0.1, 0.15) is 27.8 Å². The van der Waals surface area contributed by atoms with Gasteiger partial charge in [-0.05, 0) is 55.5 Å². The average Bonchev–Trinajstić information content (AvgIpc) is 2.69. The molecule has 1 aromatic heterocycles. The van der Waals surface area contributed by atoms with Gasteiger partial charge in [-0.15, -0.1) is 0 Å². The summed E-state index contributed by atoms with van der Waals surface area (Å²) in [5, 5.41) is 6.25. The van der Waals surface area contributed by atoms with Crippen LogP contribution in [0, 0.1) is 0 Å². The van der Waals surface area contributed by atoms with E-state index in [-0.39, 0.29) is 23.5 Å². The monoisotopic (exact) mass is 396 g/mol. The van der Waals surface area contributed by atoms with Crippen LogP contribution in [0.3, 0.4) is 0 Å². The van der Waals surface area contributed by atoms with Gasteiger partial charge in [-0.2, -0.15) is 0 Å². The summed E-state index contributed by atoms with van der Waals surface area (Å²) >= 11 is 5.92. The quantitative estimate of drug-likeness (QED) is 0.603. The molecule has 28 heavy (non-hydrogen) atoms. The Hall–Kier alpha value is -3.45. The number of benzene rings is 2. The summed E-state index contributed by atoms with van der Waals surface area (Å²) in [5.41, 5.74) is 1.88. The molecule has 2 N–H and O–H groups in total. The van der Waals surface area contributed by atoms with Crippen LogP contribution in [0.25, 0.3) is 0 Å². The van der Waals surface area contributed by atoms with Gasteiger partial charge in [-0.25, -0.2) is 14.8 Å². The molecular weight excluding hydrogens is 380 g/mol. The number of aromatic nitrogens is 2. The molecule has 0 unspecified atom stereocenters. The molecule has 7 nitrogen and oxygen atoms in total. The van der Waals surface area contributed by atoms with E-state index in [2.05, 4.69) is 20.6 Å². The van der Waals surface area contributed by atoms with Gasteiger partial charge in [0.05, 0.1) is 12.2 Å². The highest BCUT2D eigenvalue weighted by Gasteiger charge is 2.10. The van der Waals surface area contributed by atoms with Gasteiger partial charge >= 0.3 is 5.97 Å². The molecule has 3 rings (SSSR count). The minimum atomic E-state index is -0.384. The lowest BCUT2D eigenvalue weighted by molar-refractivity contribution is 0.0526. The molecule has 1 heterocycles. The minimum Gasteiger partial charge on any atom is -0.462 e. The summed E-state index contributed by atoms with van der Waals surface area (Å²) in [6.45, 7) is 2.07. The molecule has 0 aliphatic carbocycles.